The average molecular weight is 532 g/mol. The van der Waals surface area contributed by atoms with Crippen molar-refractivity contribution in [3.8, 4) is 0 Å². The van der Waals surface area contributed by atoms with Crippen LogP contribution in [0.4, 0.5) is 11.4 Å². The van der Waals surface area contributed by atoms with E-state index in [9.17, 15) is 9.59 Å². The summed E-state index contributed by atoms with van der Waals surface area (Å²) < 4.78 is 1.82. The summed E-state index contributed by atoms with van der Waals surface area (Å²) in [6, 6.07) is 15.4. The highest BCUT2D eigenvalue weighted by molar-refractivity contribution is 9.10. The summed E-state index contributed by atoms with van der Waals surface area (Å²) in [6.07, 6.45) is 0. The third kappa shape index (κ3) is 5.90. The highest BCUT2D eigenvalue weighted by Gasteiger charge is 2.22. The fraction of sp³-hybridized carbons (Fsp3) is 0.261. The summed E-state index contributed by atoms with van der Waals surface area (Å²) in [5.41, 5.74) is 3.55. The lowest BCUT2D eigenvalue weighted by atomic mass is 10.1. The molecule has 0 aliphatic carbocycles. The number of anilines is 2. The monoisotopic (exact) mass is 530 g/mol. The van der Waals surface area contributed by atoms with Crippen LogP contribution < -0.4 is 10.2 Å². The van der Waals surface area contributed by atoms with E-state index in [1.165, 1.54) is 11.8 Å². The molecule has 2 aromatic carbocycles. The van der Waals surface area contributed by atoms with E-state index >= 15 is 0 Å². The Morgan fingerprint density at radius 2 is 1.88 bits per heavy atom. The molecule has 1 aliphatic rings. The van der Waals surface area contributed by atoms with E-state index in [4.69, 9.17) is 0 Å². The van der Waals surface area contributed by atoms with Gasteiger partial charge in [-0.3, -0.25) is 9.59 Å². The Morgan fingerprint density at radius 1 is 1.12 bits per heavy atom. The number of aryl methyl sites for hydroxylation is 1. The minimum atomic E-state index is -0.0460. The van der Waals surface area contributed by atoms with Gasteiger partial charge in [0.05, 0.1) is 5.75 Å². The van der Waals surface area contributed by atoms with E-state index < -0.39 is 0 Å². The molecule has 0 spiro atoms. The number of aromatic nitrogens is 1. The third-order valence-corrected chi connectivity index (χ3v) is 7.71. The number of halogens is 1. The van der Waals surface area contributed by atoms with Crippen molar-refractivity contribution in [2.45, 2.75) is 11.3 Å². The quantitative estimate of drug-likeness (QED) is 0.458. The first kappa shape index (κ1) is 22.8. The van der Waals surface area contributed by atoms with Gasteiger partial charge < -0.3 is 15.1 Å². The summed E-state index contributed by atoms with van der Waals surface area (Å²) in [4.78, 5) is 33.5. The van der Waals surface area contributed by atoms with E-state index in [2.05, 4.69) is 31.1 Å². The molecule has 32 heavy (non-hydrogen) atoms. The molecule has 0 radical (unpaired) electrons. The SMILES string of the molecule is Cc1csc(SCC(=O)Nc2ccc(N3CCN(C(=O)c4cccc(Br)c4)CC3)cc2)n1. The zero-order valence-electron chi connectivity index (χ0n) is 17.6. The van der Waals surface area contributed by atoms with Crippen LogP contribution in [0.15, 0.2) is 62.7 Å². The first-order valence-electron chi connectivity index (χ1n) is 10.2. The Morgan fingerprint density at radius 3 is 2.53 bits per heavy atom. The topological polar surface area (TPSA) is 65.5 Å². The minimum absolute atomic E-state index is 0.0460. The third-order valence-electron chi connectivity index (χ3n) is 5.08. The second kappa shape index (κ2) is 10.5. The number of hydrogen-bond donors (Lipinski definition) is 1. The van der Waals surface area contributed by atoms with Crippen molar-refractivity contribution in [2.24, 2.45) is 0 Å². The van der Waals surface area contributed by atoms with E-state index in [1.807, 2.05) is 65.7 Å². The fourth-order valence-corrected chi connectivity index (χ4v) is 5.50. The van der Waals surface area contributed by atoms with Gasteiger partial charge in [-0.2, -0.15) is 0 Å². The molecule has 3 aromatic rings. The molecule has 166 valence electrons. The van der Waals surface area contributed by atoms with Crippen LogP contribution >= 0.6 is 39.0 Å². The maximum absolute atomic E-state index is 12.7. The Hall–Kier alpha value is -2.36. The fourth-order valence-electron chi connectivity index (χ4n) is 3.45. The zero-order valence-corrected chi connectivity index (χ0v) is 20.8. The largest absolute Gasteiger partial charge is 0.368 e. The second-order valence-corrected chi connectivity index (χ2v) is 10.4. The number of benzene rings is 2. The number of thioether (sulfide) groups is 1. The van der Waals surface area contributed by atoms with Crippen LogP contribution in [0.1, 0.15) is 16.1 Å². The van der Waals surface area contributed by atoms with Crippen LogP contribution in [-0.4, -0.2) is 53.6 Å². The van der Waals surface area contributed by atoms with Crippen molar-refractivity contribution >= 4 is 62.2 Å². The molecule has 1 saturated heterocycles. The number of nitrogens with zero attached hydrogens (tertiary/aromatic N) is 3. The Bertz CT molecular complexity index is 1100. The molecule has 1 fully saturated rings. The van der Waals surface area contributed by atoms with Gasteiger partial charge in [0, 0.05) is 58.7 Å². The number of thiazole rings is 1. The van der Waals surface area contributed by atoms with Gasteiger partial charge in [-0.25, -0.2) is 4.98 Å². The summed E-state index contributed by atoms with van der Waals surface area (Å²) in [7, 11) is 0. The van der Waals surface area contributed by atoms with E-state index in [0.29, 0.717) is 24.4 Å². The molecule has 0 bridgehead atoms. The van der Waals surface area contributed by atoms with Crippen LogP contribution in [0.25, 0.3) is 0 Å². The molecule has 1 aliphatic heterocycles. The number of amides is 2. The summed E-state index contributed by atoms with van der Waals surface area (Å²) in [5.74, 6) is 0.355. The lowest BCUT2D eigenvalue weighted by molar-refractivity contribution is -0.113. The van der Waals surface area contributed by atoms with Crippen LogP contribution in [0.5, 0.6) is 0 Å². The zero-order chi connectivity index (χ0) is 22.5. The first-order chi connectivity index (χ1) is 15.5. The smallest absolute Gasteiger partial charge is 0.254 e. The predicted molar refractivity (Wildman–Crippen MR) is 135 cm³/mol. The standard InChI is InChI=1S/C23H23BrN4O2S2/c1-16-14-31-23(25-16)32-15-21(29)26-19-5-7-20(8-6-19)27-9-11-28(12-10-27)22(30)17-3-2-4-18(24)13-17/h2-8,13-14H,9-12,15H2,1H3,(H,26,29). The number of nitrogens with one attached hydrogen (secondary N) is 1. The summed E-state index contributed by atoms with van der Waals surface area (Å²) in [6.45, 7) is 4.85. The summed E-state index contributed by atoms with van der Waals surface area (Å²) in [5, 5.41) is 4.92. The molecular formula is C23H23BrN4O2S2. The molecule has 0 unspecified atom stereocenters. The van der Waals surface area contributed by atoms with E-state index in [0.717, 1.165) is 39.0 Å². The van der Waals surface area contributed by atoms with Gasteiger partial charge in [0.25, 0.3) is 5.91 Å². The number of piperazine rings is 1. The molecular weight excluding hydrogens is 508 g/mol. The van der Waals surface area contributed by atoms with E-state index in [1.54, 1.807) is 11.3 Å². The van der Waals surface area contributed by atoms with Crippen molar-refractivity contribution in [1.82, 2.24) is 9.88 Å². The van der Waals surface area contributed by atoms with Crippen molar-refractivity contribution in [3.05, 3.63) is 69.6 Å². The highest BCUT2D eigenvalue weighted by Crippen LogP contribution is 2.24. The number of hydrogen-bond acceptors (Lipinski definition) is 6. The van der Waals surface area contributed by atoms with Crippen LogP contribution in [0, 0.1) is 6.92 Å². The van der Waals surface area contributed by atoms with Gasteiger partial charge in [0.15, 0.2) is 4.34 Å². The van der Waals surface area contributed by atoms with Crippen molar-refractivity contribution in [3.63, 3.8) is 0 Å². The highest BCUT2D eigenvalue weighted by atomic mass is 79.9. The minimum Gasteiger partial charge on any atom is -0.368 e. The van der Waals surface area contributed by atoms with Crippen LogP contribution in [0.3, 0.4) is 0 Å². The Balaban J connectivity index is 1.26. The lowest BCUT2D eigenvalue weighted by Crippen LogP contribution is -2.48. The molecule has 1 N–H and O–H groups in total. The normalized spacial score (nSPS) is 13.8. The molecule has 2 amide bonds. The average Bonchev–Trinajstić information content (AvgIpc) is 3.23. The molecule has 6 nitrogen and oxygen atoms in total. The number of carbonyl (C=O) groups is 2. The molecule has 1 aromatic heterocycles. The van der Waals surface area contributed by atoms with E-state index in [-0.39, 0.29) is 11.8 Å². The van der Waals surface area contributed by atoms with Crippen LogP contribution in [-0.2, 0) is 4.79 Å². The molecule has 0 saturated carbocycles. The molecule has 0 atom stereocenters. The van der Waals surface area contributed by atoms with Gasteiger partial charge in [0.2, 0.25) is 5.91 Å². The molecule has 4 rings (SSSR count). The van der Waals surface area contributed by atoms with Gasteiger partial charge in [-0.15, -0.1) is 11.3 Å². The number of carbonyl (C=O) groups excluding carboxylic acids is 2. The number of rotatable bonds is 6. The maximum Gasteiger partial charge on any atom is 0.254 e. The van der Waals surface area contributed by atoms with Crippen molar-refractivity contribution < 1.29 is 9.59 Å². The Labute approximate surface area is 204 Å². The molecule has 2 heterocycles. The second-order valence-electron chi connectivity index (χ2n) is 7.43. The van der Waals surface area contributed by atoms with Crippen LogP contribution in [0.2, 0.25) is 0 Å². The van der Waals surface area contributed by atoms with Gasteiger partial charge in [-0.05, 0) is 49.4 Å². The van der Waals surface area contributed by atoms with Crippen molar-refractivity contribution in [1.29, 1.82) is 0 Å². The first-order valence-corrected chi connectivity index (χ1v) is 12.9. The maximum atomic E-state index is 12.7. The predicted octanol–water partition coefficient (Wildman–Crippen LogP) is 4.91. The molecule has 9 heteroatoms. The summed E-state index contributed by atoms with van der Waals surface area (Å²) >= 11 is 6.43. The lowest BCUT2D eigenvalue weighted by Gasteiger charge is -2.36. The Kier molecular flexibility index (Phi) is 7.49. The van der Waals surface area contributed by atoms with Crippen molar-refractivity contribution in [2.75, 3.05) is 42.1 Å². The van der Waals surface area contributed by atoms with Gasteiger partial charge >= 0.3 is 0 Å². The van der Waals surface area contributed by atoms with Gasteiger partial charge in [-0.1, -0.05) is 33.8 Å². The van der Waals surface area contributed by atoms with Gasteiger partial charge in [0.1, 0.15) is 0 Å².